The van der Waals surface area contributed by atoms with Gasteiger partial charge in [-0.2, -0.15) is 4.31 Å². The standard InChI is InChI=1S/C18H23N5O4S/c1-13-19-20-18(27-13)12-21-7-9-22(10-8-21)28(25,26)16-3-4-17-15(11-16)5-6-23(17)14(2)24/h3-4,11H,5-10,12H2,1-2H3. The van der Waals surface area contributed by atoms with Crippen molar-refractivity contribution < 1.29 is 17.6 Å². The summed E-state index contributed by atoms with van der Waals surface area (Å²) in [5, 5.41) is 7.81. The number of aromatic nitrogens is 2. The predicted octanol–water partition coefficient (Wildman–Crippen LogP) is 0.794. The van der Waals surface area contributed by atoms with Crippen molar-refractivity contribution in [3.8, 4) is 0 Å². The van der Waals surface area contributed by atoms with E-state index in [1.54, 1.807) is 30.0 Å². The molecule has 0 aliphatic carbocycles. The summed E-state index contributed by atoms with van der Waals surface area (Å²) in [4.78, 5) is 15.8. The minimum atomic E-state index is -3.56. The summed E-state index contributed by atoms with van der Waals surface area (Å²) in [6.45, 7) is 6.41. The molecule has 0 atom stereocenters. The predicted molar refractivity (Wildman–Crippen MR) is 101 cm³/mol. The number of benzene rings is 1. The fraction of sp³-hybridized carbons (Fsp3) is 0.500. The second kappa shape index (κ2) is 7.26. The zero-order valence-corrected chi connectivity index (χ0v) is 16.8. The number of hydrogen-bond donors (Lipinski definition) is 0. The Balaban J connectivity index is 1.44. The van der Waals surface area contributed by atoms with Crippen molar-refractivity contribution in [2.75, 3.05) is 37.6 Å². The van der Waals surface area contributed by atoms with Gasteiger partial charge in [-0.25, -0.2) is 8.42 Å². The molecule has 1 saturated heterocycles. The lowest BCUT2D eigenvalue weighted by Gasteiger charge is -2.33. The summed E-state index contributed by atoms with van der Waals surface area (Å²) >= 11 is 0. The number of carbonyl (C=O) groups excluding carboxylic acids is 1. The maximum atomic E-state index is 13.1. The average Bonchev–Trinajstić information content (AvgIpc) is 3.27. The monoisotopic (exact) mass is 405 g/mol. The molecule has 10 heteroatoms. The molecule has 3 heterocycles. The molecule has 1 fully saturated rings. The second-order valence-corrected chi connectivity index (χ2v) is 9.04. The van der Waals surface area contributed by atoms with Crippen LogP contribution in [0.3, 0.4) is 0 Å². The first-order chi connectivity index (χ1) is 13.3. The summed E-state index contributed by atoms with van der Waals surface area (Å²) in [5.74, 6) is 1.04. The zero-order chi connectivity index (χ0) is 19.9. The Morgan fingerprint density at radius 1 is 1.14 bits per heavy atom. The van der Waals surface area contributed by atoms with Gasteiger partial charge in [0.05, 0.1) is 11.4 Å². The number of piperazine rings is 1. The molecular weight excluding hydrogens is 382 g/mol. The van der Waals surface area contributed by atoms with E-state index in [9.17, 15) is 13.2 Å². The first-order valence-corrected chi connectivity index (χ1v) is 10.7. The smallest absolute Gasteiger partial charge is 0.243 e. The highest BCUT2D eigenvalue weighted by Gasteiger charge is 2.31. The highest BCUT2D eigenvalue weighted by Crippen LogP contribution is 2.31. The molecule has 0 saturated carbocycles. The molecule has 0 spiro atoms. The van der Waals surface area contributed by atoms with Crippen molar-refractivity contribution in [2.45, 2.75) is 31.7 Å². The van der Waals surface area contributed by atoms with Crippen LogP contribution in [-0.4, -0.2) is 66.5 Å². The molecule has 0 unspecified atom stereocenters. The van der Waals surface area contributed by atoms with Gasteiger partial charge in [-0.05, 0) is 30.2 Å². The van der Waals surface area contributed by atoms with Gasteiger partial charge in [0.15, 0.2) is 0 Å². The van der Waals surface area contributed by atoms with E-state index >= 15 is 0 Å². The van der Waals surface area contributed by atoms with Gasteiger partial charge in [-0.15, -0.1) is 10.2 Å². The SMILES string of the molecule is CC(=O)N1CCc2cc(S(=O)(=O)N3CCN(Cc4nnc(C)o4)CC3)ccc21. The topological polar surface area (TPSA) is 99.9 Å². The lowest BCUT2D eigenvalue weighted by Crippen LogP contribution is -2.48. The molecule has 2 aliphatic rings. The van der Waals surface area contributed by atoms with E-state index in [0.29, 0.717) is 57.5 Å². The zero-order valence-electron chi connectivity index (χ0n) is 16.0. The molecule has 0 N–H and O–H groups in total. The molecular formula is C18H23N5O4S. The highest BCUT2D eigenvalue weighted by atomic mass is 32.2. The van der Waals surface area contributed by atoms with Crippen LogP contribution in [0.25, 0.3) is 0 Å². The number of aryl methyl sites for hydroxylation is 1. The Labute approximate surface area is 164 Å². The third kappa shape index (κ3) is 3.54. The molecule has 0 bridgehead atoms. The molecule has 2 aliphatic heterocycles. The molecule has 28 heavy (non-hydrogen) atoms. The van der Waals surface area contributed by atoms with Gasteiger partial charge < -0.3 is 9.32 Å². The van der Waals surface area contributed by atoms with Crippen LogP contribution in [0.1, 0.15) is 24.3 Å². The van der Waals surface area contributed by atoms with Crippen molar-refractivity contribution >= 4 is 21.6 Å². The van der Waals surface area contributed by atoms with Gasteiger partial charge >= 0.3 is 0 Å². The van der Waals surface area contributed by atoms with Gasteiger partial charge in [0.25, 0.3) is 0 Å². The molecule has 2 aromatic rings. The minimum absolute atomic E-state index is 0.0260. The Morgan fingerprint density at radius 3 is 2.54 bits per heavy atom. The fourth-order valence-electron chi connectivity index (χ4n) is 3.74. The fourth-order valence-corrected chi connectivity index (χ4v) is 5.21. The summed E-state index contributed by atoms with van der Waals surface area (Å²) in [5.41, 5.74) is 1.72. The number of hydrogen-bond acceptors (Lipinski definition) is 7. The van der Waals surface area contributed by atoms with E-state index in [1.807, 2.05) is 0 Å². The molecule has 0 radical (unpaired) electrons. The molecule has 4 rings (SSSR count). The Hall–Kier alpha value is -2.30. The van der Waals surface area contributed by atoms with Crippen LogP contribution >= 0.6 is 0 Å². The van der Waals surface area contributed by atoms with Crippen LogP contribution in [0, 0.1) is 6.92 Å². The number of fused-ring (bicyclic) bond motifs is 1. The summed E-state index contributed by atoms with van der Waals surface area (Å²) < 4.78 is 33.0. The van der Waals surface area contributed by atoms with Crippen LogP contribution in [0.2, 0.25) is 0 Å². The number of rotatable bonds is 4. The van der Waals surface area contributed by atoms with Gasteiger partial charge in [0.2, 0.25) is 27.7 Å². The third-order valence-corrected chi connectivity index (χ3v) is 7.12. The highest BCUT2D eigenvalue weighted by molar-refractivity contribution is 7.89. The molecule has 9 nitrogen and oxygen atoms in total. The van der Waals surface area contributed by atoms with Crippen LogP contribution < -0.4 is 4.90 Å². The van der Waals surface area contributed by atoms with Crippen molar-refractivity contribution in [3.05, 3.63) is 35.5 Å². The maximum absolute atomic E-state index is 13.1. The van der Waals surface area contributed by atoms with Gasteiger partial charge in [0.1, 0.15) is 0 Å². The lowest BCUT2D eigenvalue weighted by atomic mass is 10.2. The van der Waals surface area contributed by atoms with E-state index in [-0.39, 0.29) is 10.8 Å². The summed E-state index contributed by atoms with van der Waals surface area (Å²) in [7, 11) is -3.56. The van der Waals surface area contributed by atoms with Crippen molar-refractivity contribution in [1.82, 2.24) is 19.4 Å². The Morgan fingerprint density at radius 2 is 1.89 bits per heavy atom. The van der Waals surface area contributed by atoms with E-state index in [1.165, 1.54) is 11.2 Å². The van der Waals surface area contributed by atoms with Crippen molar-refractivity contribution in [3.63, 3.8) is 0 Å². The van der Waals surface area contributed by atoms with Crippen LogP contribution in [0.15, 0.2) is 27.5 Å². The molecule has 150 valence electrons. The van der Waals surface area contributed by atoms with Crippen LogP contribution in [0.5, 0.6) is 0 Å². The Kier molecular flexibility index (Phi) is 4.94. The summed E-state index contributed by atoms with van der Waals surface area (Å²) in [6.07, 6.45) is 0.676. The maximum Gasteiger partial charge on any atom is 0.243 e. The van der Waals surface area contributed by atoms with Crippen LogP contribution in [0.4, 0.5) is 5.69 Å². The van der Waals surface area contributed by atoms with Crippen LogP contribution in [-0.2, 0) is 27.8 Å². The molecule has 1 aromatic heterocycles. The van der Waals surface area contributed by atoms with E-state index < -0.39 is 10.0 Å². The van der Waals surface area contributed by atoms with E-state index in [4.69, 9.17) is 4.42 Å². The van der Waals surface area contributed by atoms with Gasteiger partial charge in [0, 0.05) is 52.3 Å². The van der Waals surface area contributed by atoms with Gasteiger partial charge in [-0.1, -0.05) is 0 Å². The number of carbonyl (C=O) groups is 1. The second-order valence-electron chi connectivity index (χ2n) is 7.11. The molecule has 1 aromatic carbocycles. The lowest BCUT2D eigenvalue weighted by molar-refractivity contribution is -0.116. The molecule has 1 amide bonds. The van der Waals surface area contributed by atoms with Gasteiger partial charge in [-0.3, -0.25) is 9.69 Å². The average molecular weight is 405 g/mol. The summed E-state index contributed by atoms with van der Waals surface area (Å²) in [6, 6.07) is 5.05. The van der Waals surface area contributed by atoms with E-state index in [0.717, 1.165) is 11.3 Å². The third-order valence-electron chi connectivity index (χ3n) is 5.22. The normalized spacial score (nSPS) is 18.4. The first kappa shape index (κ1) is 19.0. The van der Waals surface area contributed by atoms with Crippen molar-refractivity contribution in [1.29, 1.82) is 0 Å². The number of amides is 1. The van der Waals surface area contributed by atoms with E-state index in [2.05, 4.69) is 15.1 Å². The Bertz CT molecular complexity index is 995. The van der Waals surface area contributed by atoms with Crippen molar-refractivity contribution in [2.24, 2.45) is 0 Å². The number of anilines is 1. The largest absolute Gasteiger partial charge is 0.424 e. The minimum Gasteiger partial charge on any atom is -0.424 e. The number of nitrogens with zero attached hydrogens (tertiary/aromatic N) is 5. The first-order valence-electron chi connectivity index (χ1n) is 9.27. The number of sulfonamides is 1. The quantitative estimate of drug-likeness (QED) is 0.741.